The Kier molecular flexibility index (Phi) is 17.1. The summed E-state index contributed by atoms with van der Waals surface area (Å²) < 4.78 is 212. The van der Waals surface area contributed by atoms with E-state index in [9.17, 15) is 77.8 Å². The minimum atomic E-state index is -5.36. The highest BCUT2D eigenvalue weighted by molar-refractivity contribution is 7.87. The summed E-state index contributed by atoms with van der Waals surface area (Å²) >= 11 is 2.02. The number of hydrogen-bond donors (Lipinski definition) is 12. The minimum absolute atomic E-state index is 0.126. The Morgan fingerprint density at radius 1 is 0.391 bits per heavy atom. The van der Waals surface area contributed by atoms with Crippen LogP contribution in [0.4, 0.5) is 68.2 Å². The molecule has 92 heavy (non-hydrogen) atoms. The molecule has 0 bridgehead atoms. The second-order valence-corrected chi connectivity index (χ2v) is 29.8. The van der Waals surface area contributed by atoms with Crippen LogP contribution in [0.3, 0.4) is 0 Å². The first-order chi connectivity index (χ1) is 42.9. The molecule has 16 N–H and O–H groups in total. The van der Waals surface area contributed by atoms with Gasteiger partial charge in [-0.2, -0.15) is 65.8 Å². The van der Waals surface area contributed by atoms with Crippen LogP contribution in [0.1, 0.15) is 11.1 Å². The molecule has 0 aliphatic carbocycles. The maximum absolute atomic E-state index is 13.0. The van der Waals surface area contributed by atoms with Crippen LogP contribution in [0.2, 0.25) is 0 Å². The van der Waals surface area contributed by atoms with Crippen molar-refractivity contribution in [3.63, 3.8) is 0 Å². The zero-order chi connectivity index (χ0) is 66.9. The van der Waals surface area contributed by atoms with Crippen LogP contribution in [0.15, 0.2) is 181 Å². The molecule has 476 valence electrons. The fourth-order valence-electron chi connectivity index (χ4n) is 9.04. The minimum Gasteiger partial charge on any atom is -0.396 e. The summed E-state index contributed by atoms with van der Waals surface area (Å²) in [6.45, 7) is 3.04. The van der Waals surface area contributed by atoms with Gasteiger partial charge in [-0.1, -0.05) is 24.3 Å². The Morgan fingerprint density at radius 2 is 0.783 bits per heavy atom. The monoisotopic (exact) mass is 1410 g/mol. The number of hydrogen-bond acceptors (Lipinski definition) is 28. The lowest BCUT2D eigenvalue weighted by Crippen LogP contribution is -2.14. The lowest BCUT2D eigenvalue weighted by molar-refractivity contribution is 0.480. The van der Waals surface area contributed by atoms with E-state index in [1.54, 1.807) is 36.4 Å². The van der Waals surface area contributed by atoms with Crippen LogP contribution < -0.4 is 33.8 Å². The molecule has 10 rings (SSSR count). The van der Waals surface area contributed by atoms with Crippen molar-refractivity contribution in [2.24, 2.45) is 30.7 Å². The quantitative estimate of drug-likeness (QED) is 0.0164. The van der Waals surface area contributed by atoms with Gasteiger partial charge >= 0.3 is 0 Å². The third kappa shape index (κ3) is 13.5. The van der Waals surface area contributed by atoms with Crippen molar-refractivity contribution in [2.45, 2.75) is 43.2 Å². The summed E-state index contributed by atoms with van der Waals surface area (Å²) in [4.78, 5) is 4.45. The third-order valence-electron chi connectivity index (χ3n) is 13.3. The van der Waals surface area contributed by atoms with Gasteiger partial charge in [0.15, 0.2) is 0 Å². The lowest BCUT2D eigenvalue weighted by Gasteiger charge is -2.17. The fourth-order valence-corrected chi connectivity index (χ4v) is 16.4. The molecule has 0 atom stereocenters. The Morgan fingerprint density at radius 3 is 1.21 bits per heavy atom. The molecule has 0 unspecified atom stereocenters. The molecular weight excluding hydrogens is 1370 g/mol. The van der Waals surface area contributed by atoms with Gasteiger partial charge in [-0.15, -0.1) is 38.0 Å². The number of aryl methyl sites for hydroxylation is 2. The van der Waals surface area contributed by atoms with Gasteiger partial charge in [0.25, 0.3) is 60.7 Å². The van der Waals surface area contributed by atoms with Crippen molar-refractivity contribution in [3.05, 3.63) is 132 Å². The zero-order valence-electron chi connectivity index (χ0n) is 46.3. The fraction of sp³-hybridized carbons (Fsp3) is 0.0385. The van der Waals surface area contributed by atoms with Crippen LogP contribution in [0.5, 0.6) is 0 Å². The Labute approximate surface area is 528 Å². The second-order valence-electron chi connectivity index (χ2n) is 19.5. The average molecular weight is 1410 g/mol. The van der Waals surface area contributed by atoms with Crippen LogP contribution in [-0.4, -0.2) is 87.8 Å². The predicted octanol–water partition coefficient (Wildman–Crippen LogP) is 11.0. The van der Waals surface area contributed by atoms with E-state index in [0.717, 1.165) is 53.0 Å². The Hall–Kier alpha value is -9.40. The van der Waals surface area contributed by atoms with Crippen molar-refractivity contribution in [3.8, 4) is 32.3 Å². The van der Waals surface area contributed by atoms with Crippen LogP contribution in [0.25, 0.3) is 52.7 Å². The van der Waals surface area contributed by atoms with E-state index in [1.807, 2.05) is 0 Å². The van der Waals surface area contributed by atoms with E-state index in [2.05, 4.69) is 51.5 Å². The predicted molar refractivity (Wildman–Crippen MR) is 341 cm³/mol. The second kappa shape index (κ2) is 24.0. The topological polar surface area (TPSA) is 554 Å². The number of nitrogen functional groups attached to an aromatic ring is 4. The van der Waals surface area contributed by atoms with E-state index in [1.165, 1.54) is 50.2 Å². The number of rotatable bonds is 18. The molecular formula is C52H42N14O18S8. The maximum Gasteiger partial charge on any atom is 0.296 e. The molecule has 8 aromatic carbocycles. The number of hydrazine groups is 1. The van der Waals surface area contributed by atoms with Crippen molar-refractivity contribution in [1.29, 1.82) is 0 Å². The molecule has 0 amide bonds. The molecule has 10 aromatic rings. The van der Waals surface area contributed by atoms with Gasteiger partial charge in [0.1, 0.15) is 62.1 Å². The third-order valence-corrected chi connectivity index (χ3v) is 21.5. The molecule has 0 spiro atoms. The standard InChI is InChI=1S/C52H42N14O18S8/c1-23-3-17-33-47(49(23)91(79,80)81)85-51(57-33)25-5-9-27(10-6-25)59-65-45-41(53)35(21-39(43(45)55)89(73,74)75)63-61-29-13-15-31(37(19-29)87(67,68)69)32-16-14-30(20-38(32)88(70,71)72)62-64-36-22-40(90(76,77)78)44(56)46(42(36)54)66-60-28-11-7-26(8-12-28)52-58-34-18-4-24(2)50(48(34)86-52)92(82,83)84/h3-22,59,65H,53-56H2,1-2H3,(H,67,68,69)(H,70,71,72)(H,73,74,75)(H,76,77,78)(H,79,80,81)(H,82,83,84). The number of nitrogens with zero attached hydrogens (tertiary/aromatic N) is 8. The number of anilines is 6. The number of thiazole rings is 2. The van der Waals surface area contributed by atoms with Gasteiger partial charge in [0.2, 0.25) is 0 Å². The molecule has 0 aliphatic heterocycles. The van der Waals surface area contributed by atoms with Crippen molar-refractivity contribution in [2.75, 3.05) is 33.8 Å². The summed E-state index contributed by atoms with van der Waals surface area (Å²) in [7, 11) is -30.2. The molecule has 32 nitrogen and oxygen atoms in total. The van der Waals surface area contributed by atoms with Crippen molar-refractivity contribution in [1.82, 2.24) is 9.97 Å². The number of nitrogens with two attached hydrogens (primary N) is 4. The molecule has 40 heteroatoms. The average Bonchev–Trinajstić information content (AvgIpc) is 1.27. The lowest BCUT2D eigenvalue weighted by atomic mass is 10.0. The van der Waals surface area contributed by atoms with Gasteiger partial charge in [0.05, 0.1) is 65.9 Å². The first kappa shape index (κ1) is 65.5. The van der Waals surface area contributed by atoms with Gasteiger partial charge < -0.3 is 28.4 Å². The van der Waals surface area contributed by atoms with Crippen LogP contribution >= 0.6 is 22.7 Å². The van der Waals surface area contributed by atoms with Gasteiger partial charge in [0, 0.05) is 22.3 Å². The van der Waals surface area contributed by atoms with Crippen molar-refractivity contribution < 1.29 is 77.8 Å². The molecule has 0 aliphatic rings. The largest absolute Gasteiger partial charge is 0.396 e. The summed E-state index contributed by atoms with van der Waals surface area (Å²) in [5.41, 5.74) is 27.0. The first-order valence-corrected chi connectivity index (χ1v) is 35.5. The van der Waals surface area contributed by atoms with E-state index in [4.69, 9.17) is 22.9 Å². The van der Waals surface area contributed by atoms with E-state index < -0.39 is 143 Å². The molecule has 0 saturated heterocycles. The van der Waals surface area contributed by atoms with E-state index >= 15 is 0 Å². The molecule has 0 saturated carbocycles. The molecule has 2 aromatic heterocycles. The highest BCUT2D eigenvalue weighted by atomic mass is 32.2. The highest BCUT2D eigenvalue weighted by Crippen LogP contribution is 2.46. The van der Waals surface area contributed by atoms with E-state index in [0.29, 0.717) is 67.2 Å². The Balaban J connectivity index is 0.915. The number of aromatic nitrogens is 2. The summed E-state index contributed by atoms with van der Waals surface area (Å²) in [5.74, 6) is 0. The Bertz CT molecular complexity index is 5600. The van der Waals surface area contributed by atoms with Crippen LogP contribution in [-0.2, 0) is 60.7 Å². The molecule has 2 heterocycles. The SMILES string of the molecule is Cc1ccc2nc(-c3ccc(N=Nc4c(N)c(N=Nc5ccc(-c6ccc(N=Nc7cc(S(=O)(=O)O)c(N)c(NNc8ccc(-c9nc%10ccc(C)c(S(=O)(=O)O)c%10s9)cc8)c7N)cc6S(=O)(=O)O)c(S(=O)(=O)O)c5)cc(S(=O)(=O)O)c4N)cc3)sc2c1S(=O)(=O)O. The van der Waals surface area contributed by atoms with Crippen LogP contribution in [0, 0.1) is 13.8 Å². The number of nitrogens with one attached hydrogen (secondary N) is 2. The van der Waals surface area contributed by atoms with Gasteiger partial charge in [-0.05, 0) is 122 Å². The van der Waals surface area contributed by atoms with Gasteiger partial charge in [-0.25, -0.2) is 9.97 Å². The molecule has 0 radical (unpaired) electrons. The number of benzene rings is 8. The maximum atomic E-state index is 13.0. The summed E-state index contributed by atoms with van der Waals surface area (Å²) in [6, 6.07) is 25.3. The normalized spacial score (nSPS) is 12.9. The summed E-state index contributed by atoms with van der Waals surface area (Å²) in [6.07, 6.45) is 0. The highest BCUT2D eigenvalue weighted by Gasteiger charge is 2.28. The summed E-state index contributed by atoms with van der Waals surface area (Å²) in [5, 5.41) is 24.5. The van der Waals surface area contributed by atoms with Gasteiger partial charge in [-0.3, -0.25) is 32.7 Å². The molecule has 0 fully saturated rings. The zero-order valence-corrected chi connectivity index (χ0v) is 52.8. The smallest absolute Gasteiger partial charge is 0.296 e. The van der Waals surface area contributed by atoms with E-state index in [-0.39, 0.29) is 30.6 Å². The number of fused-ring (bicyclic) bond motifs is 2. The number of azo groups is 3. The first-order valence-electron chi connectivity index (χ1n) is 25.2. The van der Waals surface area contributed by atoms with Crippen molar-refractivity contribution >= 4 is 172 Å².